The highest BCUT2D eigenvalue weighted by Crippen LogP contribution is 2.16. The normalized spacial score (nSPS) is 14.3. The first-order valence-electron chi connectivity index (χ1n) is 10.3. The number of hydrogen-bond acceptors (Lipinski definition) is 6. The summed E-state index contributed by atoms with van der Waals surface area (Å²) in [5.41, 5.74) is 0.916. The van der Waals surface area contributed by atoms with Crippen molar-refractivity contribution in [3.63, 3.8) is 0 Å². The molecule has 3 aromatic rings. The van der Waals surface area contributed by atoms with Gasteiger partial charge in [-0.15, -0.1) is 0 Å². The number of nitrogens with one attached hydrogen (secondary N) is 2. The number of carbonyl (C=O) groups is 2. The number of piperazine rings is 1. The van der Waals surface area contributed by atoms with Crippen molar-refractivity contribution in [2.24, 2.45) is 0 Å². The van der Waals surface area contributed by atoms with Gasteiger partial charge in [0.05, 0.1) is 30.6 Å². The fourth-order valence-corrected chi connectivity index (χ4v) is 3.53. The lowest BCUT2D eigenvalue weighted by Crippen LogP contribution is -2.49. The summed E-state index contributed by atoms with van der Waals surface area (Å²) < 4.78 is 5.24. The third-order valence-corrected chi connectivity index (χ3v) is 5.16. The molecule has 1 aromatic carbocycles. The van der Waals surface area contributed by atoms with Crippen LogP contribution in [0.5, 0.6) is 0 Å². The molecular weight excluding hydrogens is 394 g/mol. The minimum absolute atomic E-state index is 0.141. The summed E-state index contributed by atoms with van der Waals surface area (Å²) in [4.78, 5) is 33.9. The van der Waals surface area contributed by atoms with E-state index in [-0.39, 0.29) is 24.9 Å². The second kappa shape index (κ2) is 9.90. The highest BCUT2D eigenvalue weighted by atomic mass is 16.3. The van der Waals surface area contributed by atoms with Crippen LogP contribution >= 0.6 is 0 Å². The van der Waals surface area contributed by atoms with Gasteiger partial charge >= 0.3 is 0 Å². The Labute approximate surface area is 180 Å². The second-order valence-electron chi connectivity index (χ2n) is 7.31. The summed E-state index contributed by atoms with van der Waals surface area (Å²) in [7, 11) is 0. The van der Waals surface area contributed by atoms with Crippen molar-refractivity contribution in [2.45, 2.75) is 6.54 Å². The second-order valence-corrected chi connectivity index (χ2v) is 7.31. The van der Waals surface area contributed by atoms with E-state index in [1.165, 1.54) is 0 Å². The summed E-state index contributed by atoms with van der Waals surface area (Å²) in [6.45, 7) is 3.74. The quantitative estimate of drug-likeness (QED) is 0.611. The molecule has 2 amide bonds. The first-order valence-corrected chi connectivity index (χ1v) is 10.3. The maximum atomic E-state index is 12.6. The molecule has 8 nitrogen and oxygen atoms in total. The van der Waals surface area contributed by atoms with Crippen LogP contribution in [-0.4, -0.2) is 54.4 Å². The lowest BCUT2D eigenvalue weighted by Gasteiger charge is -2.34. The lowest BCUT2D eigenvalue weighted by molar-refractivity contribution is -0.117. The monoisotopic (exact) mass is 419 g/mol. The van der Waals surface area contributed by atoms with E-state index in [0.29, 0.717) is 17.0 Å². The smallest absolute Gasteiger partial charge is 0.253 e. The Kier molecular flexibility index (Phi) is 6.59. The van der Waals surface area contributed by atoms with Gasteiger partial charge in [0.1, 0.15) is 11.6 Å². The number of hydrogen-bond donors (Lipinski definition) is 2. The Morgan fingerprint density at radius 2 is 1.77 bits per heavy atom. The molecule has 0 aliphatic carbocycles. The molecule has 0 unspecified atom stereocenters. The molecule has 2 aromatic heterocycles. The van der Waals surface area contributed by atoms with Crippen LogP contribution in [0, 0.1) is 0 Å². The molecule has 1 aliphatic rings. The molecule has 3 heterocycles. The summed E-state index contributed by atoms with van der Waals surface area (Å²) in [6.07, 6.45) is 3.35. The number of nitrogens with zero attached hydrogens (tertiary/aromatic N) is 3. The largest absolute Gasteiger partial charge is 0.467 e. The van der Waals surface area contributed by atoms with Crippen molar-refractivity contribution in [2.75, 3.05) is 42.9 Å². The number of aromatic nitrogens is 1. The minimum Gasteiger partial charge on any atom is -0.467 e. The van der Waals surface area contributed by atoms with Crippen LogP contribution in [0.15, 0.2) is 71.5 Å². The van der Waals surface area contributed by atoms with E-state index in [4.69, 9.17) is 4.42 Å². The topological polar surface area (TPSA) is 90.7 Å². The molecular formula is C23H25N5O3. The van der Waals surface area contributed by atoms with Crippen LogP contribution in [0.2, 0.25) is 0 Å². The average molecular weight is 419 g/mol. The van der Waals surface area contributed by atoms with Gasteiger partial charge in [-0.3, -0.25) is 14.5 Å². The van der Waals surface area contributed by atoms with Gasteiger partial charge in [-0.25, -0.2) is 4.98 Å². The van der Waals surface area contributed by atoms with E-state index in [1.807, 2.05) is 18.2 Å². The molecule has 0 bridgehead atoms. The molecule has 8 heteroatoms. The van der Waals surface area contributed by atoms with Crippen LogP contribution in [0.4, 0.5) is 11.5 Å². The van der Waals surface area contributed by atoms with Crippen LogP contribution in [0.25, 0.3) is 0 Å². The number of benzene rings is 1. The fraction of sp³-hybridized carbons (Fsp3) is 0.261. The Bertz CT molecular complexity index is 999. The van der Waals surface area contributed by atoms with Crippen molar-refractivity contribution in [1.29, 1.82) is 0 Å². The summed E-state index contributed by atoms with van der Waals surface area (Å²) in [6, 6.07) is 16.4. The van der Waals surface area contributed by atoms with Crippen molar-refractivity contribution < 1.29 is 14.0 Å². The number of furan rings is 1. The first-order chi connectivity index (χ1) is 15.2. The molecule has 1 aliphatic heterocycles. The predicted octanol–water partition coefficient (Wildman–Crippen LogP) is 2.37. The Balaban J connectivity index is 1.29. The molecule has 160 valence electrons. The summed E-state index contributed by atoms with van der Waals surface area (Å²) in [5, 5.41) is 5.69. The van der Waals surface area contributed by atoms with Gasteiger partial charge in [0, 0.05) is 32.4 Å². The number of pyridine rings is 1. The molecule has 31 heavy (non-hydrogen) atoms. The van der Waals surface area contributed by atoms with Gasteiger partial charge < -0.3 is 20.0 Å². The Morgan fingerprint density at radius 1 is 0.968 bits per heavy atom. The third kappa shape index (κ3) is 5.49. The van der Waals surface area contributed by atoms with Gasteiger partial charge in [-0.2, -0.15) is 0 Å². The number of carbonyl (C=O) groups excluding carboxylic acids is 2. The highest BCUT2D eigenvalue weighted by molar-refractivity contribution is 6.04. The van der Waals surface area contributed by atoms with Gasteiger partial charge in [-0.1, -0.05) is 18.2 Å². The van der Waals surface area contributed by atoms with E-state index in [9.17, 15) is 9.59 Å². The number of rotatable bonds is 7. The zero-order valence-corrected chi connectivity index (χ0v) is 17.2. The Morgan fingerprint density at radius 3 is 2.52 bits per heavy atom. The lowest BCUT2D eigenvalue weighted by atomic mass is 10.1. The van der Waals surface area contributed by atoms with Gasteiger partial charge in [-0.05, 0) is 36.4 Å². The van der Waals surface area contributed by atoms with Crippen LogP contribution in [0.1, 0.15) is 16.1 Å². The summed E-state index contributed by atoms with van der Waals surface area (Å²) in [5.74, 6) is 1.22. The predicted molar refractivity (Wildman–Crippen MR) is 118 cm³/mol. The van der Waals surface area contributed by atoms with Gasteiger partial charge in [0.2, 0.25) is 5.91 Å². The minimum atomic E-state index is -0.267. The van der Waals surface area contributed by atoms with E-state index < -0.39 is 0 Å². The molecule has 1 fully saturated rings. The molecule has 0 saturated carbocycles. The van der Waals surface area contributed by atoms with Crippen molar-refractivity contribution in [1.82, 2.24) is 15.2 Å². The van der Waals surface area contributed by atoms with E-state index in [1.54, 1.807) is 48.9 Å². The maximum Gasteiger partial charge on any atom is 0.253 e. The molecule has 0 atom stereocenters. The fourth-order valence-electron chi connectivity index (χ4n) is 3.53. The number of amides is 2. The molecule has 0 spiro atoms. The summed E-state index contributed by atoms with van der Waals surface area (Å²) >= 11 is 0. The molecule has 4 rings (SSSR count). The zero-order chi connectivity index (χ0) is 21.5. The first kappa shape index (κ1) is 20.6. The van der Waals surface area contributed by atoms with Crippen molar-refractivity contribution in [3.8, 4) is 0 Å². The van der Waals surface area contributed by atoms with Crippen molar-refractivity contribution in [3.05, 3.63) is 78.4 Å². The van der Waals surface area contributed by atoms with Crippen molar-refractivity contribution >= 4 is 23.3 Å². The average Bonchev–Trinajstić information content (AvgIpc) is 3.33. The SMILES string of the molecule is O=C(CN1CCN(c2ccccn2)CC1)Nc1ccccc1C(=O)NCc1ccco1. The number of anilines is 2. The number of para-hydroxylation sites is 1. The van der Waals surface area contributed by atoms with Gasteiger partial charge in [0.25, 0.3) is 5.91 Å². The van der Waals surface area contributed by atoms with E-state index >= 15 is 0 Å². The van der Waals surface area contributed by atoms with Crippen LogP contribution < -0.4 is 15.5 Å². The Hall–Kier alpha value is -3.65. The standard InChI is InChI=1S/C23H25N5O3/c29-22(17-27-11-13-28(14-12-27)21-9-3-4-10-24-21)26-20-8-2-1-7-19(20)23(30)25-16-18-6-5-15-31-18/h1-10,15H,11-14,16-17H2,(H,25,30)(H,26,29). The molecule has 2 N–H and O–H groups in total. The maximum absolute atomic E-state index is 12.6. The van der Waals surface area contributed by atoms with Crippen LogP contribution in [0.3, 0.4) is 0 Å². The van der Waals surface area contributed by atoms with Gasteiger partial charge in [0.15, 0.2) is 0 Å². The zero-order valence-electron chi connectivity index (χ0n) is 17.2. The van der Waals surface area contributed by atoms with E-state index in [2.05, 4.69) is 25.4 Å². The van der Waals surface area contributed by atoms with Crippen LogP contribution in [-0.2, 0) is 11.3 Å². The molecule has 1 saturated heterocycles. The highest BCUT2D eigenvalue weighted by Gasteiger charge is 2.20. The molecule has 0 radical (unpaired) electrons. The third-order valence-electron chi connectivity index (χ3n) is 5.16. The van der Waals surface area contributed by atoms with E-state index in [0.717, 1.165) is 32.0 Å².